The largest absolute Gasteiger partial charge is 0.395 e. The van der Waals surface area contributed by atoms with Gasteiger partial charge in [0.05, 0.1) is 6.61 Å². The normalized spacial score (nSPS) is 16.1. The van der Waals surface area contributed by atoms with Crippen LogP contribution in [0.2, 0.25) is 0 Å². The summed E-state index contributed by atoms with van der Waals surface area (Å²) < 4.78 is 0. The van der Waals surface area contributed by atoms with Gasteiger partial charge >= 0.3 is 0 Å². The number of rotatable bonds is 6. The molecular formula is C15H22N2O2. The van der Waals surface area contributed by atoms with Crippen LogP contribution in [0.5, 0.6) is 0 Å². The van der Waals surface area contributed by atoms with Crippen molar-refractivity contribution in [3.8, 4) is 0 Å². The molecular weight excluding hydrogens is 240 g/mol. The van der Waals surface area contributed by atoms with E-state index in [0.29, 0.717) is 18.2 Å². The molecule has 2 rings (SSSR count). The van der Waals surface area contributed by atoms with E-state index in [1.807, 2.05) is 18.2 Å². The summed E-state index contributed by atoms with van der Waals surface area (Å²) in [6.07, 6.45) is 4.95. The number of nitrogens with zero attached hydrogens (tertiary/aromatic N) is 1. The maximum atomic E-state index is 11.2. The van der Waals surface area contributed by atoms with Gasteiger partial charge in [-0.3, -0.25) is 9.69 Å². The van der Waals surface area contributed by atoms with Crippen LogP contribution in [0, 0.1) is 0 Å². The van der Waals surface area contributed by atoms with Crippen molar-refractivity contribution >= 4 is 5.91 Å². The van der Waals surface area contributed by atoms with E-state index >= 15 is 0 Å². The van der Waals surface area contributed by atoms with Crippen LogP contribution < -0.4 is 5.73 Å². The average molecular weight is 262 g/mol. The highest BCUT2D eigenvalue weighted by Crippen LogP contribution is 2.24. The second-order valence-corrected chi connectivity index (χ2v) is 5.20. The summed E-state index contributed by atoms with van der Waals surface area (Å²) >= 11 is 0. The fourth-order valence-electron chi connectivity index (χ4n) is 2.85. The molecule has 1 saturated carbocycles. The molecule has 1 aliphatic rings. The second kappa shape index (κ2) is 6.68. The molecule has 0 bridgehead atoms. The van der Waals surface area contributed by atoms with Crippen molar-refractivity contribution in [2.45, 2.75) is 38.3 Å². The first-order chi connectivity index (χ1) is 9.20. The van der Waals surface area contributed by atoms with Crippen molar-refractivity contribution in [2.24, 2.45) is 5.73 Å². The number of primary amides is 1. The van der Waals surface area contributed by atoms with E-state index in [4.69, 9.17) is 5.73 Å². The van der Waals surface area contributed by atoms with Crippen LogP contribution >= 0.6 is 0 Å². The van der Waals surface area contributed by atoms with Gasteiger partial charge in [-0.25, -0.2) is 0 Å². The maximum absolute atomic E-state index is 11.2. The monoisotopic (exact) mass is 262 g/mol. The molecule has 1 aromatic rings. The van der Waals surface area contributed by atoms with Gasteiger partial charge < -0.3 is 10.8 Å². The molecule has 1 aromatic carbocycles. The van der Waals surface area contributed by atoms with Crippen molar-refractivity contribution in [2.75, 3.05) is 13.2 Å². The standard InChI is InChI=1S/C15H22N2O2/c16-15(19)13-5-3-4-12(10-13)11-17(8-9-18)14-6-1-2-7-14/h3-5,10,14,18H,1-2,6-9,11H2,(H2,16,19). The fourth-order valence-corrected chi connectivity index (χ4v) is 2.85. The number of aliphatic hydroxyl groups excluding tert-OH is 1. The second-order valence-electron chi connectivity index (χ2n) is 5.20. The summed E-state index contributed by atoms with van der Waals surface area (Å²) in [5, 5.41) is 9.20. The van der Waals surface area contributed by atoms with Crippen LogP contribution in [0.1, 0.15) is 41.6 Å². The van der Waals surface area contributed by atoms with E-state index in [0.717, 1.165) is 12.1 Å². The third kappa shape index (κ3) is 3.78. The lowest BCUT2D eigenvalue weighted by atomic mass is 10.1. The SMILES string of the molecule is NC(=O)c1cccc(CN(CCO)C2CCCC2)c1. The summed E-state index contributed by atoms with van der Waals surface area (Å²) in [6, 6.07) is 8.01. The summed E-state index contributed by atoms with van der Waals surface area (Å²) in [6.45, 7) is 1.63. The number of hydrogen-bond donors (Lipinski definition) is 2. The van der Waals surface area contributed by atoms with Crippen LogP contribution in [-0.4, -0.2) is 35.1 Å². The molecule has 1 amide bonds. The molecule has 0 unspecified atom stereocenters. The lowest BCUT2D eigenvalue weighted by molar-refractivity contribution is 0.1000. The van der Waals surface area contributed by atoms with Crippen molar-refractivity contribution in [3.05, 3.63) is 35.4 Å². The Morgan fingerprint density at radius 3 is 2.74 bits per heavy atom. The maximum Gasteiger partial charge on any atom is 0.248 e. The summed E-state index contributed by atoms with van der Waals surface area (Å²) in [4.78, 5) is 13.5. The molecule has 19 heavy (non-hydrogen) atoms. The van der Waals surface area contributed by atoms with Gasteiger partial charge in [-0.1, -0.05) is 25.0 Å². The highest BCUT2D eigenvalue weighted by Gasteiger charge is 2.22. The highest BCUT2D eigenvalue weighted by atomic mass is 16.3. The molecule has 104 valence electrons. The van der Waals surface area contributed by atoms with Crippen molar-refractivity contribution in [1.82, 2.24) is 4.90 Å². The molecule has 0 aromatic heterocycles. The number of benzene rings is 1. The smallest absolute Gasteiger partial charge is 0.248 e. The molecule has 0 spiro atoms. The minimum atomic E-state index is -0.392. The third-order valence-corrected chi connectivity index (χ3v) is 3.83. The number of amides is 1. The molecule has 0 heterocycles. The van der Waals surface area contributed by atoms with Crippen LogP contribution in [0.4, 0.5) is 0 Å². The molecule has 0 saturated heterocycles. The van der Waals surface area contributed by atoms with Crippen molar-refractivity contribution in [1.29, 1.82) is 0 Å². The number of carbonyl (C=O) groups is 1. The zero-order valence-electron chi connectivity index (χ0n) is 11.2. The van der Waals surface area contributed by atoms with Crippen LogP contribution in [0.3, 0.4) is 0 Å². The summed E-state index contributed by atoms with van der Waals surface area (Å²) in [7, 11) is 0. The van der Waals surface area contributed by atoms with E-state index in [-0.39, 0.29) is 6.61 Å². The minimum absolute atomic E-state index is 0.173. The Kier molecular flexibility index (Phi) is 4.93. The quantitative estimate of drug-likeness (QED) is 0.817. The number of carbonyl (C=O) groups excluding carboxylic acids is 1. The van der Waals surface area contributed by atoms with Crippen LogP contribution in [0.25, 0.3) is 0 Å². The lowest BCUT2D eigenvalue weighted by Gasteiger charge is -2.28. The zero-order chi connectivity index (χ0) is 13.7. The van der Waals surface area contributed by atoms with Gasteiger partial charge in [0.25, 0.3) is 0 Å². The van der Waals surface area contributed by atoms with Crippen molar-refractivity contribution < 1.29 is 9.90 Å². The molecule has 4 nitrogen and oxygen atoms in total. The Morgan fingerprint density at radius 1 is 1.37 bits per heavy atom. The molecule has 1 aliphatic carbocycles. The number of aliphatic hydroxyl groups is 1. The van der Waals surface area contributed by atoms with E-state index in [9.17, 15) is 9.90 Å². The first-order valence-electron chi connectivity index (χ1n) is 6.94. The van der Waals surface area contributed by atoms with Gasteiger partial charge in [0.1, 0.15) is 0 Å². The van der Waals surface area contributed by atoms with Crippen molar-refractivity contribution in [3.63, 3.8) is 0 Å². The first-order valence-corrected chi connectivity index (χ1v) is 6.94. The van der Waals surface area contributed by atoms with Gasteiger partial charge in [-0.05, 0) is 30.5 Å². The van der Waals surface area contributed by atoms with E-state index in [1.165, 1.54) is 25.7 Å². The predicted octanol–water partition coefficient (Wildman–Crippen LogP) is 1.52. The third-order valence-electron chi connectivity index (χ3n) is 3.83. The lowest BCUT2D eigenvalue weighted by Crippen LogP contribution is -2.35. The van der Waals surface area contributed by atoms with Crippen LogP contribution in [-0.2, 0) is 6.54 Å². The highest BCUT2D eigenvalue weighted by molar-refractivity contribution is 5.92. The fraction of sp³-hybridized carbons (Fsp3) is 0.533. The Labute approximate surface area is 114 Å². The minimum Gasteiger partial charge on any atom is -0.395 e. The van der Waals surface area contributed by atoms with E-state index in [1.54, 1.807) is 6.07 Å². The molecule has 0 atom stereocenters. The molecule has 0 radical (unpaired) electrons. The summed E-state index contributed by atoms with van der Waals surface area (Å²) in [5.41, 5.74) is 6.93. The number of hydrogen-bond acceptors (Lipinski definition) is 3. The van der Waals surface area contributed by atoms with Gasteiger partial charge in [0, 0.05) is 24.7 Å². The first kappa shape index (κ1) is 14.0. The predicted molar refractivity (Wildman–Crippen MR) is 74.7 cm³/mol. The molecule has 1 fully saturated rings. The molecule has 3 N–H and O–H groups in total. The van der Waals surface area contributed by atoms with Gasteiger partial charge in [-0.2, -0.15) is 0 Å². The number of nitrogens with two attached hydrogens (primary N) is 1. The van der Waals surface area contributed by atoms with Crippen LogP contribution in [0.15, 0.2) is 24.3 Å². The average Bonchev–Trinajstić information content (AvgIpc) is 2.92. The van der Waals surface area contributed by atoms with Gasteiger partial charge in [0.15, 0.2) is 0 Å². The zero-order valence-corrected chi connectivity index (χ0v) is 11.2. The Balaban J connectivity index is 2.07. The van der Waals surface area contributed by atoms with Gasteiger partial charge in [0.2, 0.25) is 5.91 Å². The van der Waals surface area contributed by atoms with E-state index < -0.39 is 5.91 Å². The topological polar surface area (TPSA) is 66.6 Å². The molecule has 0 aliphatic heterocycles. The Bertz CT molecular complexity index is 428. The Morgan fingerprint density at radius 2 is 2.11 bits per heavy atom. The Hall–Kier alpha value is -1.39. The summed E-state index contributed by atoms with van der Waals surface area (Å²) in [5.74, 6) is -0.392. The van der Waals surface area contributed by atoms with Gasteiger partial charge in [-0.15, -0.1) is 0 Å². The van der Waals surface area contributed by atoms with E-state index in [2.05, 4.69) is 4.90 Å². The molecule has 4 heteroatoms.